The Morgan fingerprint density at radius 1 is 1.45 bits per heavy atom. The first-order chi connectivity index (χ1) is 5.77. The molecule has 3 heteroatoms. The van der Waals surface area contributed by atoms with Gasteiger partial charge in [-0.3, -0.25) is 9.97 Å². The van der Waals surface area contributed by atoms with Crippen LogP contribution in [-0.4, -0.2) is 9.97 Å². The molecule has 0 aromatic carbocycles. The van der Waals surface area contributed by atoms with Crippen molar-refractivity contribution < 1.29 is 1.37 Å². The first kappa shape index (κ1) is 5.49. The molecule has 0 atom stereocenters. The number of aromatic nitrogens is 2. The lowest BCUT2D eigenvalue weighted by Gasteiger charge is -1.95. The highest BCUT2D eigenvalue weighted by Crippen LogP contribution is 2.18. The van der Waals surface area contributed by atoms with Crippen LogP contribution in [0.1, 0.15) is 1.37 Å². The summed E-state index contributed by atoms with van der Waals surface area (Å²) < 4.78 is 7.27. The SMILES string of the molecule is [2H]c1ccc2c(Cl)cncc2n1. The number of pyridine rings is 2. The van der Waals surface area contributed by atoms with Crippen molar-refractivity contribution in [1.29, 1.82) is 0 Å². The molecule has 2 aromatic heterocycles. The number of nitrogens with zero attached hydrogens (tertiary/aromatic N) is 2. The molecule has 0 bridgehead atoms. The number of hydrogen-bond acceptors (Lipinski definition) is 2. The van der Waals surface area contributed by atoms with Gasteiger partial charge in [-0.1, -0.05) is 11.6 Å². The van der Waals surface area contributed by atoms with Crippen molar-refractivity contribution in [2.24, 2.45) is 0 Å². The molecule has 0 amide bonds. The zero-order chi connectivity index (χ0) is 8.55. The van der Waals surface area contributed by atoms with Crippen molar-refractivity contribution in [1.82, 2.24) is 9.97 Å². The highest BCUT2D eigenvalue weighted by atomic mass is 35.5. The lowest BCUT2D eigenvalue weighted by molar-refractivity contribution is 1.31. The van der Waals surface area contributed by atoms with Gasteiger partial charge in [0.1, 0.15) is 0 Å². The number of halogens is 1. The first-order valence-electron chi connectivity index (χ1n) is 3.64. The summed E-state index contributed by atoms with van der Waals surface area (Å²) in [7, 11) is 0. The summed E-state index contributed by atoms with van der Waals surface area (Å²) in [6.07, 6.45) is 3.39. The fourth-order valence-corrected chi connectivity index (χ4v) is 1.13. The third kappa shape index (κ3) is 1.05. The van der Waals surface area contributed by atoms with Crippen LogP contribution in [0.15, 0.2) is 30.7 Å². The Morgan fingerprint density at radius 3 is 3.27 bits per heavy atom. The van der Waals surface area contributed by atoms with E-state index in [4.69, 9.17) is 13.0 Å². The lowest BCUT2D eigenvalue weighted by atomic mass is 10.3. The molecule has 0 N–H and O–H groups in total. The fourth-order valence-electron chi connectivity index (χ4n) is 0.916. The molecule has 0 aliphatic heterocycles. The van der Waals surface area contributed by atoms with Crippen LogP contribution in [0.2, 0.25) is 5.02 Å². The predicted molar refractivity (Wildman–Crippen MR) is 44.5 cm³/mol. The Hall–Kier alpha value is -1.15. The van der Waals surface area contributed by atoms with Gasteiger partial charge in [0, 0.05) is 17.8 Å². The standard InChI is InChI=1S/C8H5ClN2/c9-7-4-10-5-8-6(7)2-1-3-11-8/h1-5H/i3D. The van der Waals surface area contributed by atoms with E-state index in [1.807, 2.05) is 0 Å². The van der Waals surface area contributed by atoms with E-state index in [9.17, 15) is 0 Å². The van der Waals surface area contributed by atoms with Gasteiger partial charge in [0.05, 0.1) is 18.1 Å². The van der Waals surface area contributed by atoms with E-state index in [1.165, 1.54) is 0 Å². The van der Waals surface area contributed by atoms with Crippen LogP contribution in [0.4, 0.5) is 0 Å². The second-order valence-corrected chi connectivity index (χ2v) is 2.54. The Balaban J connectivity index is 2.86. The topological polar surface area (TPSA) is 25.8 Å². The third-order valence-corrected chi connectivity index (χ3v) is 1.73. The molecule has 2 aromatic rings. The number of fused-ring (bicyclic) bond motifs is 1. The second-order valence-electron chi connectivity index (χ2n) is 2.13. The number of rotatable bonds is 0. The van der Waals surface area contributed by atoms with E-state index in [2.05, 4.69) is 9.97 Å². The minimum atomic E-state index is 0.228. The van der Waals surface area contributed by atoms with Crippen molar-refractivity contribution in [3.8, 4) is 0 Å². The summed E-state index contributed by atoms with van der Waals surface area (Å²) >= 11 is 5.85. The third-order valence-electron chi connectivity index (χ3n) is 1.43. The maximum Gasteiger partial charge on any atom is 0.0900 e. The molecule has 0 aliphatic carbocycles. The summed E-state index contributed by atoms with van der Waals surface area (Å²) in [5.74, 6) is 0. The van der Waals surface area contributed by atoms with E-state index in [0.717, 1.165) is 5.39 Å². The molecular formula is C8H5ClN2. The van der Waals surface area contributed by atoms with Crippen LogP contribution >= 0.6 is 11.6 Å². The Kier molecular flexibility index (Phi) is 1.24. The molecule has 2 rings (SSSR count). The molecule has 0 saturated heterocycles. The van der Waals surface area contributed by atoms with E-state index in [1.54, 1.807) is 24.5 Å². The molecule has 2 heterocycles. The summed E-state index contributed by atoms with van der Waals surface area (Å²) in [6.45, 7) is 0. The largest absolute Gasteiger partial charge is 0.261 e. The zero-order valence-corrected chi connectivity index (χ0v) is 6.34. The minimum Gasteiger partial charge on any atom is -0.261 e. The molecule has 54 valence electrons. The first-order valence-corrected chi connectivity index (χ1v) is 3.52. The molecule has 0 fully saturated rings. The lowest BCUT2D eigenvalue weighted by Crippen LogP contribution is -1.79. The molecule has 11 heavy (non-hydrogen) atoms. The van der Waals surface area contributed by atoms with Crippen molar-refractivity contribution in [3.63, 3.8) is 0 Å². The summed E-state index contributed by atoms with van der Waals surface area (Å²) in [6, 6.07) is 3.38. The normalized spacial score (nSPS) is 11.5. The monoisotopic (exact) mass is 165 g/mol. The van der Waals surface area contributed by atoms with Crippen molar-refractivity contribution >= 4 is 22.5 Å². The van der Waals surface area contributed by atoms with Crippen LogP contribution < -0.4 is 0 Å². The predicted octanol–water partition coefficient (Wildman–Crippen LogP) is 2.28. The summed E-state index contributed by atoms with van der Waals surface area (Å²) in [5, 5.41) is 1.41. The quantitative estimate of drug-likeness (QED) is 0.599. The van der Waals surface area contributed by atoms with E-state index < -0.39 is 0 Å². The van der Waals surface area contributed by atoms with Crippen LogP contribution in [0.3, 0.4) is 0 Å². The maximum absolute atomic E-state index is 7.27. The minimum absolute atomic E-state index is 0.228. The molecule has 2 nitrogen and oxygen atoms in total. The highest BCUT2D eigenvalue weighted by Gasteiger charge is 1.96. The van der Waals surface area contributed by atoms with Crippen LogP contribution in [-0.2, 0) is 0 Å². The fraction of sp³-hybridized carbons (Fsp3) is 0. The van der Waals surface area contributed by atoms with Crippen molar-refractivity contribution in [2.45, 2.75) is 0 Å². The van der Waals surface area contributed by atoms with Gasteiger partial charge in [0.25, 0.3) is 0 Å². The second kappa shape index (κ2) is 2.47. The van der Waals surface area contributed by atoms with Gasteiger partial charge >= 0.3 is 0 Å². The van der Waals surface area contributed by atoms with E-state index in [0.29, 0.717) is 10.5 Å². The van der Waals surface area contributed by atoms with Crippen LogP contribution in [0, 0.1) is 0 Å². The van der Waals surface area contributed by atoms with Gasteiger partial charge < -0.3 is 0 Å². The van der Waals surface area contributed by atoms with Crippen molar-refractivity contribution in [2.75, 3.05) is 0 Å². The average molecular weight is 166 g/mol. The molecule has 0 saturated carbocycles. The summed E-state index contributed by atoms with van der Waals surface area (Å²) in [5.41, 5.74) is 0.662. The Bertz CT molecular complexity index is 430. The Labute approximate surface area is 70.3 Å². The molecule has 0 unspecified atom stereocenters. The van der Waals surface area contributed by atoms with Gasteiger partial charge in [-0.15, -0.1) is 0 Å². The molecule has 0 radical (unpaired) electrons. The zero-order valence-electron chi connectivity index (χ0n) is 6.58. The molecule has 0 aliphatic rings. The van der Waals surface area contributed by atoms with E-state index in [-0.39, 0.29) is 6.17 Å². The smallest absolute Gasteiger partial charge is 0.0900 e. The highest BCUT2D eigenvalue weighted by molar-refractivity contribution is 6.35. The van der Waals surface area contributed by atoms with Crippen molar-refractivity contribution in [3.05, 3.63) is 35.7 Å². The van der Waals surface area contributed by atoms with Gasteiger partial charge in [0.15, 0.2) is 0 Å². The molecule has 0 spiro atoms. The van der Waals surface area contributed by atoms with E-state index >= 15 is 0 Å². The van der Waals surface area contributed by atoms with Crippen LogP contribution in [0.5, 0.6) is 0 Å². The number of hydrogen-bond donors (Lipinski definition) is 0. The average Bonchev–Trinajstić information content (AvgIpc) is 2.04. The van der Waals surface area contributed by atoms with Gasteiger partial charge in [-0.2, -0.15) is 0 Å². The van der Waals surface area contributed by atoms with Gasteiger partial charge in [0.2, 0.25) is 0 Å². The van der Waals surface area contributed by atoms with Gasteiger partial charge in [-0.05, 0) is 12.1 Å². The van der Waals surface area contributed by atoms with Crippen LogP contribution in [0.25, 0.3) is 10.9 Å². The maximum atomic E-state index is 7.27. The summed E-state index contributed by atoms with van der Waals surface area (Å²) in [4.78, 5) is 7.83. The Morgan fingerprint density at radius 2 is 2.36 bits per heavy atom. The molecular weight excluding hydrogens is 160 g/mol. The van der Waals surface area contributed by atoms with Gasteiger partial charge in [-0.25, -0.2) is 0 Å².